The van der Waals surface area contributed by atoms with Gasteiger partial charge < -0.3 is 24.8 Å². The Morgan fingerprint density at radius 3 is 2.55 bits per heavy atom. The summed E-state index contributed by atoms with van der Waals surface area (Å²) in [6.07, 6.45) is 1.63. The predicted molar refractivity (Wildman–Crippen MR) is 171 cm³/mol. The van der Waals surface area contributed by atoms with Gasteiger partial charge in [0.05, 0.1) is 22.8 Å². The van der Waals surface area contributed by atoms with Crippen molar-refractivity contribution in [3.8, 4) is 11.6 Å². The first-order chi connectivity index (χ1) is 22.7. The molecule has 1 saturated carbocycles. The Labute approximate surface area is 271 Å². The second kappa shape index (κ2) is 12.8. The largest absolute Gasteiger partial charge is 0.437 e. The molecule has 2 amide bonds. The number of ether oxygens (including phenoxy) is 1. The Balaban J connectivity index is 1.07. The second-order valence-corrected chi connectivity index (χ2v) is 12.8. The van der Waals surface area contributed by atoms with Gasteiger partial charge in [0.15, 0.2) is 0 Å². The van der Waals surface area contributed by atoms with E-state index in [-0.39, 0.29) is 30.3 Å². The van der Waals surface area contributed by atoms with Crippen LogP contribution in [0.15, 0.2) is 42.9 Å². The van der Waals surface area contributed by atoms with Crippen LogP contribution >= 0.6 is 0 Å². The molecule has 7 rings (SSSR count). The molecule has 2 N–H and O–H groups in total. The number of urea groups is 1. The molecular weight excluding hydrogens is 609 g/mol. The molecule has 0 unspecified atom stereocenters. The van der Waals surface area contributed by atoms with E-state index in [9.17, 15) is 18.0 Å². The number of rotatable bonds is 8. The smallest absolute Gasteiger partial charge is 0.416 e. The quantitative estimate of drug-likeness (QED) is 0.219. The highest BCUT2D eigenvalue weighted by atomic mass is 19.4. The molecular formula is C34H39F3N8O2. The lowest BCUT2D eigenvalue weighted by Crippen LogP contribution is -2.45. The van der Waals surface area contributed by atoms with Crippen molar-refractivity contribution in [2.75, 3.05) is 44.6 Å². The number of piperazine rings is 1. The number of carbonyl (C=O) groups is 1. The van der Waals surface area contributed by atoms with Gasteiger partial charge in [0, 0.05) is 63.1 Å². The van der Waals surface area contributed by atoms with Crippen LogP contribution in [0.4, 0.5) is 23.7 Å². The van der Waals surface area contributed by atoms with Crippen molar-refractivity contribution in [3.05, 3.63) is 70.9 Å². The fraction of sp³-hybridized carbons (Fsp3) is 0.471. The molecule has 13 heteroatoms. The molecule has 2 aliphatic heterocycles. The van der Waals surface area contributed by atoms with Crippen molar-refractivity contribution in [3.63, 3.8) is 0 Å². The molecule has 0 spiro atoms. The topological polar surface area (TPSA) is 103 Å². The zero-order chi connectivity index (χ0) is 32.7. The summed E-state index contributed by atoms with van der Waals surface area (Å²) in [6.45, 7) is 9.02. The second-order valence-electron chi connectivity index (χ2n) is 12.8. The fourth-order valence-corrected chi connectivity index (χ4v) is 6.66. The van der Waals surface area contributed by atoms with Crippen LogP contribution in [0.3, 0.4) is 0 Å². The van der Waals surface area contributed by atoms with Crippen LogP contribution in [0, 0.1) is 0 Å². The summed E-state index contributed by atoms with van der Waals surface area (Å²) in [6, 6.07) is 7.54. The highest BCUT2D eigenvalue weighted by molar-refractivity contribution is 5.89. The van der Waals surface area contributed by atoms with Crippen molar-refractivity contribution in [1.29, 1.82) is 0 Å². The average molecular weight is 649 g/mol. The SMILES string of the molecule is CC[C@@H]1CN(C(=O)Nc2ccc(CN3CCN(CC)CC3)c(C(F)(F)F)c2)Cc2cc(Oc3ncnc4[nH]c(C5CC5)cc34)cnc21. The van der Waals surface area contributed by atoms with Gasteiger partial charge in [0.1, 0.15) is 17.7 Å². The van der Waals surface area contributed by atoms with Crippen molar-refractivity contribution in [1.82, 2.24) is 34.6 Å². The maximum atomic E-state index is 14.2. The van der Waals surface area contributed by atoms with Crippen LogP contribution in [0.2, 0.25) is 0 Å². The Kier molecular flexibility index (Phi) is 8.52. The number of carbonyl (C=O) groups excluding carboxylic acids is 1. The molecule has 3 aliphatic rings. The first kappa shape index (κ1) is 31.4. The van der Waals surface area contributed by atoms with Gasteiger partial charge in [-0.2, -0.15) is 13.2 Å². The molecule has 10 nitrogen and oxygen atoms in total. The van der Waals surface area contributed by atoms with Crippen LogP contribution in [0.1, 0.15) is 73.0 Å². The zero-order valence-electron chi connectivity index (χ0n) is 26.6. The summed E-state index contributed by atoms with van der Waals surface area (Å²) in [5.41, 5.74) is 3.15. The number of aromatic nitrogens is 4. The predicted octanol–water partition coefficient (Wildman–Crippen LogP) is 6.72. The molecule has 47 heavy (non-hydrogen) atoms. The van der Waals surface area contributed by atoms with E-state index in [1.54, 1.807) is 17.2 Å². The number of amides is 2. The van der Waals surface area contributed by atoms with E-state index >= 15 is 0 Å². The third-order valence-corrected chi connectivity index (χ3v) is 9.56. The lowest BCUT2D eigenvalue weighted by atomic mass is 9.92. The van der Waals surface area contributed by atoms with Crippen molar-refractivity contribution in [2.45, 2.75) is 64.2 Å². The van der Waals surface area contributed by atoms with Gasteiger partial charge in [0.2, 0.25) is 5.88 Å². The number of nitrogens with zero attached hydrogens (tertiary/aromatic N) is 6. The molecule has 1 aliphatic carbocycles. The van der Waals surface area contributed by atoms with Gasteiger partial charge in [-0.15, -0.1) is 0 Å². The summed E-state index contributed by atoms with van der Waals surface area (Å²) in [5.74, 6) is 1.40. The zero-order valence-corrected chi connectivity index (χ0v) is 26.6. The number of nitrogens with one attached hydrogen (secondary N) is 2. The van der Waals surface area contributed by atoms with Gasteiger partial charge in [-0.1, -0.05) is 19.9 Å². The van der Waals surface area contributed by atoms with Crippen molar-refractivity contribution >= 4 is 22.8 Å². The number of fused-ring (bicyclic) bond motifs is 2. The third kappa shape index (κ3) is 6.77. The van der Waals surface area contributed by atoms with E-state index < -0.39 is 17.8 Å². The van der Waals surface area contributed by atoms with Crippen LogP contribution in [-0.2, 0) is 19.3 Å². The number of hydrogen-bond acceptors (Lipinski definition) is 7. The highest BCUT2D eigenvalue weighted by Gasteiger charge is 2.35. The Morgan fingerprint density at radius 1 is 1.04 bits per heavy atom. The average Bonchev–Trinajstić information content (AvgIpc) is 3.83. The number of H-pyrrole nitrogens is 1. The number of anilines is 1. The molecule has 2 fully saturated rings. The minimum Gasteiger partial charge on any atom is -0.437 e. The van der Waals surface area contributed by atoms with Crippen molar-refractivity contribution in [2.24, 2.45) is 0 Å². The maximum absolute atomic E-state index is 14.2. The first-order valence-electron chi connectivity index (χ1n) is 16.4. The highest BCUT2D eigenvalue weighted by Crippen LogP contribution is 2.42. The van der Waals surface area contributed by atoms with E-state index in [1.165, 1.54) is 12.4 Å². The summed E-state index contributed by atoms with van der Waals surface area (Å²) in [7, 11) is 0. The van der Waals surface area contributed by atoms with E-state index in [0.29, 0.717) is 29.7 Å². The molecule has 0 radical (unpaired) electrons. The van der Waals surface area contributed by atoms with Gasteiger partial charge in [-0.05, 0) is 67.1 Å². The number of aromatic amines is 1. The van der Waals surface area contributed by atoms with Gasteiger partial charge in [-0.25, -0.2) is 14.8 Å². The lowest BCUT2D eigenvalue weighted by molar-refractivity contribution is -0.138. The van der Waals surface area contributed by atoms with E-state index in [4.69, 9.17) is 9.72 Å². The molecule has 1 aromatic carbocycles. The lowest BCUT2D eigenvalue weighted by Gasteiger charge is -2.34. The summed E-state index contributed by atoms with van der Waals surface area (Å²) < 4.78 is 48.8. The number of hydrogen-bond donors (Lipinski definition) is 2. The molecule has 0 bridgehead atoms. The number of halogens is 3. The van der Waals surface area contributed by atoms with Crippen LogP contribution < -0.4 is 10.1 Å². The van der Waals surface area contributed by atoms with E-state index in [0.717, 1.165) is 80.4 Å². The Bertz CT molecular complexity index is 1760. The molecule has 3 aromatic heterocycles. The molecule has 1 saturated heterocycles. The van der Waals surface area contributed by atoms with Crippen LogP contribution in [0.5, 0.6) is 11.6 Å². The van der Waals surface area contributed by atoms with Crippen LogP contribution in [0.25, 0.3) is 11.0 Å². The Morgan fingerprint density at radius 2 is 1.83 bits per heavy atom. The van der Waals surface area contributed by atoms with E-state index in [2.05, 4.69) is 32.1 Å². The number of alkyl halides is 3. The number of benzene rings is 1. The summed E-state index contributed by atoms with van der Waals surface area (Å²) >= 11 is 0. The Hall–Kier alpha value is -4.23. The fourth-order valence-electron chi connectivity index (χ4n) is 6.66. The molecule has 1 atom stereocenters. The van der Waals surface area contributed by atoms with Gasteiger partial charge >= 0.3 is 12.2 Å². The van der Waals surface area contributed by atoms with Gasteiger partial charge in [-0.3, -0.25) is 9.88 Å². The molecule has 248 valence electrons. The molecule has 5 heterocycles. The van der Waals surface area contributed by atoms with Crippen LogP contribution in [-0.4, -0.2) is 79.9 Å². The normalized spacial score (nSPS) is 19.2. The first-order valence-corrected chi connectivity index (χ1v) is 16.4. The standard InChI is InChI=1S/C34H39F3N8O2/c1-3-21-18-45(33(46)41-25-8-7-23(28(14-25)34(35,36)37)17-44-11-9-43(4-2)10-12-44)19-24-13-26(16-38-30(21)24)47-32-27-15-29(22-5-6-22)42-31(27)39-20-40-32/h7-8,13-16,20-22H,3-6,9-12,17-19H2,1-2H3,(H,41,46)(H,39,40,42)/t21-/m1/s1. The minimum absolute atomic E-state index is 0.0311. The third-order valence-electron chi connectivity index (χ3n) is 9.56. The number of likely N-dealkylation sites (N-methyl/N-ethyl adjacent to an activating group) is 1. The minimum atomic E-state index is -4.55. The molecule has 4 aromatic rings. The van der Waals surface area contributed by atoms with Gasteiger partial charge in [0.25, 0.3) is 0 Å². The van der Waals surface area contributed by atoms with Crippen molar-refractivity contribution < 1.29 is 22.7 Å². The maximum Gasteiger partial charge on any atom is 0.416 e. The number of pyridine rings is 1. The summed E-state index contributed by atoms with van der Waals surface area (Å²) in [4.78, 5) is 36.2. The van der Waals surface area contributed by atoms with E-state index in [1.807, 2.05) is 24.0 Å². The monoisotopic (exact) mass is 648 g/mol. The summed E-state index contributed by atoms with van der Waals surface area (Å²) in [5, 5.41) is 3.52.